The topological polar surface area (TPSA) is 82.1 Å². The van der Waals surface area contributed by atoms with Gasteiger partial charge in [0.25, 0.3) is 0 Å². The van der Waals surface area contributed by atoms with Gasteiger partial charge in [0.1, 0.15) is 0 Å². The van der Waals surface area contributed by atoms with E-state index in [1.807, 2.05) is 4.90 Å². The number of nitrogens with two attached hydrogens (primary N) is 1. The van der Waals surface area contributed by atoms with Crippen LogP contribution in [-0.4, -0.2) is 35.3 Å². The third kappa shape index (κ3) is 2.38. The molecule has 1 aromatic carbocycles. The average Bonchev–Trinajstić information content (AvgIpc) is 3.03. The highest BCUT2D eigenvalue weighted by Crippen LogP contribution is 2.41. The van der Waals surface area contributed by atoms with E-state index in [9.17, 15) is 9.50 Å². The number of rotatable bonds is 2. The van der Waals surface area contributed by atoms with Crippen molar-refractivity contribution in [1.82, 2.24) is 0 Å². The summed E-state index contributed by atoms with van der Waals surface area (Å²) < 4.78 is 14.7. The van der Waals surface area contributed by atoms with Crippen LogP contribution < -0.4 is 10.6 Å². The predicted molar refractivity (Wildman–Crippen MR) is 81.0 cm³/mol. The van der Waals surface area contributed by atoms with Crippen LogP contribution in [0.15, 0.2) is 21.8 Å². The van der Waals surface area contributed by atoms with Gasteiger partial charge >= 0.3 is 0 Å². The van der Waals surface area contributed by atoms with E-state index in [0.717, 1.165) is 19.4 Å². The molecule has 1 saturated heterocycles. The number of halogens is 2. The molecule has 3 rings (SSSR count). The lowest BCUT2D eigenvalue weighted by Gasteiger charge is -2.22. The maximum atomic E-state index is 14.5. The first-order valence-corrected chi connectivity index (χ1v) is 7.71. The van der Waals surface area contributed by atoms with Gasteiger partial charge in [0.15, 0.2) is 11.7 Å². The van der Waals surface area contributed by atoms with Crippen LogP contribution in [0.25, 0.3) is 0 Å². The number of amidine groups is 1. The number of aliphatic hydroxyl groups is 1. The number of nitrogens with zero attached hydrogens (tertiary/aromatic N) is 2. The van der Waals surface area contributed by atoms with Crippen LogP contribution >= 0.6 is 15.9 Å². The number of oxime groups is 1. The summed E-state index contributed by atoms with van der Waals surface area (Å²) in [5, 5.41) is 21.5. The number of anilines is 1. The van der Waals surface area contributed by atoms with Crippen molar-refractivity contribution in [2.24, 2.45) is 22.7 Å². The molecule has 2 fully saturated rings. The molecular formula is C14H17BrFN3O2. The van der Waals surface area contributed by atoms with Crippen molar-refractivity contribution in [3.63, 3.8) is 0 Å². The third-order valence-corrected chi connectivity index (χ3v) is 5.38. The molecule has 3 unspecified atom stereocenters. The van der Waals surface area contributed by atoms with E-state index in [4.69, 9.17) is 10.9 Å². The minimum absolute atomic E-state index is 0.138. The molecule has 2 aliphatic rings. The molecule has 1 heterocycles. The smallest absolute Gasteiger partial charge is 0.171 e. The Hall–Kier alpha value is -1.34. The summed E-state index contributed by atoms with van der Waals surface area (Å²) in [6.45, 7) is 1.42. The first-order valence-electron chi connectivity index (χ1n) is 6.91. The quantitative estimate of drug-likeness (QED) is 0.326. The zero-order chi connectivity index (χ0) is 15.1. The Morgan fingerprint density at radius 2 is 2.14 bits per heavy atom. The molecule has 1 aliphatic carbocycles. The van der Waals surface area contributed by atoms with Gasteiger partial charge in [-0.3, -0.25) is 0 Å². The summed E-state index contributed by atoms with van der Waals surface area (Å²) in [5.74, 6) is 0.100. The van der Waals surface area contributed by atoms with Gasteiger partial charge in [-0.25, -0.2) is 4.39 Å². The SMILES string of the molecule is N/C(=N/O)c1ccc(N2CC3CCC(O)C3C2)c(F)c1Br. The largest absolute Gasteiger partial charge is 0.409 e. The van der Waals surface area contributed by atoms with Crippen LogP contribution in [0.5, 0.6) is 0 Å². The van der Waals surface area contributed by atoms with Crippen LogP contribution in [0.2, 0.25) is 0 Å². The van der Waals surface area contributed by atoms with E-state index >= 15 is 0 Å². The van der Waals surface area contributed by atoms with Gasteiger partial charge in [0.05, 0.1) is 16.3 Å². The van der Waals surface area contributed by atoms with Gasteiger partial charge in [0.2, 0.25) is 0 Å². The molecule has 0 spiro atoms. The van der Waals surface area contributed by atoms with E-state index in [1.54, 1.807) is 12.1 Å². The average molecular weight is 358 g/mol. The highest BCUT2D eigenvalue weighted by molar-refractivity contribution is 9.10. The molecule has 0 aromatic heterocycles. The van der Waals surface area contributed by atoms with Crippen LogP contribution in [0.1, 0.15) is 18.4 Å². The fourth-order valence-electron chi connectivity index (χ4n) is 3.47. The summed E-state index contributed by atoms with van der Waals surface area (Å²) in [6.07, 6.45) is 1.56. The first kappa shape index (κ1) is 14.6. The lowest BCUT2D eigenvalue weighted by Crippen LogP contribution is -2.25. The second-order valence-corrected chi connectivity index (χ2v) is 6.51. The summed E-state index contributed by atoms with van der Waals surface area (Å²) in [5.41, 5.74) is 6.32. The fourth-order valence-corrected chi connectivity index (χ4v) is 4.01. The predicted octanol–water partition coefficient (Wildman–Crippen LogP) is 1.89. The zero-order valence-corrected chi connectivity index (χ0v) is 12.9. The second kappa shape index (κ2) is 5.46. The van der Waals surface area contributed by atoms with E-state index < -0.39 is 5.82 Å². The van der Waals surface area contributed by atoms with Gasteiger partial charge in [-0.05, 0) is 46.8 Å². The van der Waals surface area contributed by atoms with E-state index in [1.165, 1.54) is 0 Å². The number of benzene rings is 1. The summed E-state index contributed by atoms with van der Waals surface area (Å²) >= 11 is 3.17. The van der Waals surface area contributed by atoms with Crippen molar-refractivity contribution in [2.45, 2.75) is 18.9 Å². The summed E-state index contributed by atoms with van der Waals surface area (Å²) in [7, 11) is 0. The molecule has 1 saturated carbocycles. The number of hydrogen-bond acceptors (Lipinski definition) is 4. The highest BCUT2D eigenvalue weighted by Gasteiger charge is 2.42. The van der Waals surface area contributed by atoms with Gasteiger partial charge in [-0.1, -0.05) is 5.16 Å². The van der Waals surface area contributed by atoms with E-state index in [0.29, 0.717) is 23.7 Å². The maximum Gasteiger partial charge on any atom is 0.171 e. The normalized spacial score (nSPS) is 29.0. The third-order valence-electron chi connectivity index (χ3n) is 4.61. The summed E-state index contributed by atoms with van der Waals surface area (Å²) in [4.78, 5) is 1.97. The molecule has 21 heavy (non-hydrogen) atoms. The fraction of sp³-hybridized carbons (Fsp3) is 0.500. The van der Waals surface area contributed by atoms with Crippen molar-refractivity contribution in [2.75, 3.05) is 18.0 Å². The standard InChI is InChI=1S/C14H17BrFN3O2/c15-12-8(14(17)18-21)2-3-10(13(12)16)19-5-7-1-4-11(20)9(7)6-19/h2-3,7,9,11,20-21H,1,4-6H2,(H2,17,18). The molecule has 0 amide bonds. The van der Waals surface area contributed by atoms with Crippen LogP contribution in [0.3, 0.4) is 0 Å². The molecular weight excluding hydrogens is 341 g/mol. The zero-order valence-electron chi connectivity index (χ0n) is 11.3. The minimum Gasteiger partial charge on any atom is -0.409 e. The number of hydrogen-bond donors (Lipinski definition) is 3. The molecule has 3 atom stereocenters. The molecule has 1 aromatic rings. The Kier molecular flexibility index (Phi) is 3.79. The van der Waals surface area contributed by atoms with Crippen LogP contribution in [0.4, 0.5) is 10.1 Å². The Labute approximate surface area is 130 Å². The Balaban J connectivity index is 1.89. The molecule has 114 valence electrons. The molecule has 0 bridgehead atoms. The Morgan fingerprint density at radius 1 is 1.38 bits per heavy atom. The minimum atomic E-state index is -0.423. The molecule has 1 aliphatic heterocycles. The van der Waals surface area contributed by atoms with Gasteiger partial charge < -0.3 is 20.9 Å². The van der Waals surface area contributed by atoms with Gasteiger partial charge in [0, 0.05) is 24.6 Å². The van der Waals surface area contributed by atoms with Gasteiger partial charge in [-0.2, -0.15) is 0 Å². The number of fused-ring (bicyclic) bond motifs is 1. The van der Waals surface area contributed by atoms with Crippen molar-refractivity contribution in [1.29, 1.82) is 0 Å². The van der Waals surface area contributed by atoms with Crippen molar-refractivity contribution in [3.05, 3.63) is 28.0 Å². The van der Waals surface area contributed by atoms with Crippen LogP contribution in [0, 0.1) is 17.7 Å². The van der Waals surface area contributed by atoms with Crippen molar-refractivity contribution < 1.29 is 14.7 Å². The Morgan fingerprint density at radius 3 is 2.81 bits per heavy atom. The molecule has 4 N–H and O–H groups in total. The van der Waals surface area contributed by atoms with Crippen LogP contribution in [-0.2, 0) is 0 Å². The maximum absolute atomic E-state index is 14.5. The lowest BCUT2D eigenvalue weighted by atomic mass is 10.00. The first-order chi connectivity index (χ1) is 10.0. The van der Waals surface area contributed by atoms with Gasteiger partial charge in [-0.15, -0.1) is 0 Å². The van der Waals surface area contributed by atoms with E-state index in [-0.39, 0.29) is 22.3 Å². The summed E-state index contributed by atoms with van der Waals surface area (Å²) in [6, 6.07) is 3.27. The molecule has 0 radical (unpaired) electrons. The monoisotopic (exact) mass is 357 g/mol. The lowest BCUT2D eigenvalue weighted by molar-refractivity contribution is 0.133. The molecule has 7 heteroatoms. The van der Waals surface area contributed by atoms with Crippen molar-refractivity contribution >= 4 is 27.5 Å². The number of aliphatic hydroxyl groups excluding tert-OH is 1. The van der Waals surface area contributed by atoms with Crippen molar-refractivity contribution in [3.8, 4) is 0 Å². The molecule has 5 nitrogen and oxygen atoms in total. The van der Waals surface area contributed by atoms with E-state index in [2.05, 4.69) is 21.1 Å². The Bertz CT molecular complexity index is 596. The second-order valence-electron chi connectivity index (χ2n) is 5.72. The highest BCUT2D eigenvalue weighted by atomic mass is 79.9.